The van der Waals surface area contributed by atoms with Crippen LogP contribution in [-0.4, -0.2) is 30.9 Å². The molecule has 2 N–H and O–H groups in total. The summed E-state index contributed by atoms with van der Waals surface area (Å²) in [6.45, 7) is 2.41. The van der Waals surface area contributed by atoms with E-state index in [4.69, 9.17) is 4.74 Å². The van der Waals surface area contributed by atoms with Crippen molar-refractivity contribution in [3.05, 3.63) is 83.9 Å². The van der Waals surface area contributed by atoms with Crippen molar-refractivity contribution in [3.8, 4) is 5.75 Å². The molecule has 34 heavy (non-hydrogen) atoms. The maximum absolute atomic E-state index is 12.8. The van der Waals surface area contributed by atoms with Crippen molar-refractivity contribution in [3.63, 3.8) is 0 Å². The first kappa shape index (κ1) is 23.0. The van der Waals surface area contributed by atoms with Crippen LogP contribution in [0.2, 0.25) is 0 Å². The van der Waals surface area contributed by atoms with E-state index in [1.54, 1.807) is 29.2 Å². The van der Waals surface area contributed by atoms with Gasteiger partial charge in [0, 0.05) is 30.0 Å². The van der Waals surface area contributed by atoms with Gasteiger partial charge in [0.25, 0.3) is 5.91 Å². The van der Waals surface area contributed by atoms with Crippen LogP contribution in [0.25, 0.3) is 0 Å². The molecule has 174 valence electrons. The Morgan fingerprint density at radius 1 is 1.00 bits per heavy atom. The van der Waals surface area contributed by atoms with E-state index >= 15 is 0 Å². The highest BCUT2D eigenvalue weighted by atomic mass is 16.5. The summed E-state index contributed by atoms with van der Waals surface area (Å²) >= 11 is 0. The highest BCUT2D eigenvalue weighted by Crippen LogP contribution is 2.26. The van der Waals surface area contributed by atoms with Gasteiger partial charge in [0.1, 0.15) is 5.75 Å². The van der Waals surface area contributed by atoms with Crippen LogP contribution in [0.15, 0.2) is 72.8 Å². The summed E-state index contributed by atoms with van der Waals surface area (Å²) in [5.74, 6) is 0.326. The smallest absolute Gasteiger partial charge is 0.262 e. The minimum Gasteiger partial charge on any atom is -0.484 e. The van der Waals surface area contributed by atoms with Gasteiger partial charge in [-0.15, -0.1) is 0 Å². The van der Waals surface area contributed by atoms with Gasteiger partial charge in [-0.25, -0.2) is 0 Å². The van der Waals surface area contributed by atoms with E-state index in [1.165, 1.54) is 0 Å². The highest BCUT2D eigenvalue weighted by Gasteiger charge is 2.16. The third kappa shape index (κ3) is 5.81. The molecule has 3 aromatic rings. The number of carbonyl (C=O) groups excluding carboxylic acids is 3. The molecule has 0 spiro atoms. The number of nitrogens with one attached hydrogen (secondary N) is 2. The Bertz CT molecular complexity index is 1180. The molecule has 0 aromatic heterocycles. The van der Waals surface area contributed by atoms with Crippen LogP contribution in [0.4, 0.5) is 17.1 Å². The Hall–Kier alpha value is -4.13. The molecular weight excluding hydrogens is 430 g/mol. The molecule has 7 heteroatoms. The molecule has 0 atom stereocenters. The van der Waals surface area contributed by atoms with Crippen molar-refractivity contribution in [2.75, 3.05) is 28.7 Å². The number of hydrogen-bond donors (Lipinski definition) is 2. The lowest BCUT2D eigenvalue weighted by atomic mass is 10.0. The van der Waals surface area contributed by atoms with Gasteiger partial charge in [-0.05, 0) is 66.9 Å². The first-order valence-corrected chi connectivity index (χ1v) is 11.3. The SMILES string of the molecule is CCN(C(=O)Cc1ccc(NC(=O)COc2ccc3c(c2)CCC(=O)N3)cc1)c1ccccc1. The molecule has 1 heterocycles. The van der Waals surface area contributed by atoms with E-state index in [9.17, 15) is 14.4 Å². The summed E-state index contributed by atoms with van der Waals surface area (Å²) in [4.78, 5) is 38.3. The number of para-hydroxylation sites is 1. The zero-order valence-electron chi connectivity index (χ0n) is 19.0. The Morgan fingerprint density at radius 2 is 1.76 bits per heavy atom. The molecule has 1 aliphatic rings. The number of likely N-dealkylation sites (N-methyl/N-ethyl adjacent to an activating group) is 1. The van der Waals surface area contributed by atoms with Crippen LogP contribution in [0.5, 0.6) is 5.75 Å². The number of aryl methyl sites for hydroxylation is 1. The molecule has 3 amide bonds. The molecule has 0 radical (unpaired) electrons. The van der Waals surface area contributed by atoms with Crippen molar-refractivity contribution in [2.24, 2.45) is 0 Å². The summed E-state index contributed by atoms with van der Waals surface area (Å²) < 4.78 is 5.62. The molecule has 0 unspecified atom stereocenters. The predicted octanol–water partition coefficient (Wildman–Crippen LogP) is 4.18. The fraction of sp³-hybridized carbons (Fsp3) is 0.222. The summed E-state index contributed by atoms with van der Waals surface area (Å²) in [5.41, 5.74) is 4.17. The molecule has 3 aromatic carbocycles. The van der Waals surface area contributed by atoms with Crippen LogP contribution in [0.3, 0.4) is 0 Å². The summed E-state index contributed by atoms with van der Waals surface area (Å²) in [7, 11) is 0. The van der Waals surface area contributed by atoms with Crippen LogP contribution in [0, 0.1) is 0 Å². The molecule has 0 aliphatic carbocycles. The molecule has 4 rings (SSSR count). The van der Waals surface area contributed by atoms with E-state index in [0.29, 0.717) is 30.8 Å². The molecule has 0 fully saturated rings. The van der Waals surface area contributed by atoms with E-state index in [0.717, 1.165) is 22.5 Å². The van der Waals surface area contributed by atoms with Gasteiger partial charge in [0.15, 0.2) is 6.61 Å². The highest BCUT2D eigenvalue weighted by molar-refractivity contribution is 5.95. The lowest BCUT2D eigenvalue weighted by molar-refractivity contribution is -0.118. The largest absolute Gasteiger partial charge is 0.484 e. The van der Waals surface area contributed by atoms with Crippen LogP contribution in [0.1, 0.15) is 24.5 Å². The van der Waals surface area contributed by atoms with Gasteiger partial charge in [-0.1, -0.05) is 30.3 Å². The van der Waals surface area contributed by atoms with Gasteiger partial charge in [0.05, 0.1) is 6.42 Å². The van der Waals surface area contributed by atoms with Crippen LogP contribution in [-0.2, 0) is 27.2 Å². The second-order valence-corrected chi connectivity index (χ2v) is 8.05. The summed E-state index contributed by atoms with van der Waals surface area (Å²) in [6, 6.07) is 22.2. The van der Waals surface area contributed by atoms with Gasteiger partial charge >= 0.3 is 0 Å². The molecule has 1 aliphatic heterocycles. The molecule has 0 saturated carbocycles. The first-order chi connectivity index (χ1) is 16.5. The van der Waals surface area contributed by atoms with Gasteiger partial charge < -0.3 is 20.3 Å². The minimum absolute atomic E-state index is 0.00909. The third-order valence-electron chi connectivity index (χ3n) is 5.62. The number of fused-ring (bicyclic) bond motifs is 1. The van der Waals surface area contributed by atoms with E-state index < -0.39 is 0 Å². The number of ether oxygens (including phenoxy) is 1. The lowest BCUT2D eigenvalue weighted by Gasteiger charge is -2.21. The zero-order chi connectivity index (χ0) is 23.9. The number of benzene rings is 3. The molecule has 7 nitrogen and oxygen atoms in total. The summed E-state index contributed by atoms with van der Waals surface area (Å²) in [5, 5.41) is 5.63. The lowest BCUT2D eigenvalue weighted by Crippen LogP contribution is -2.31. The maximum atomic E-state index is 12.8. The molecule has 0 saturated heterocycles. The average Bonchev–Trinajstić information content (AvgIpc) is 2.85. The Labute approximate surface area is 198 Å². The predicted molar refractivity (Wildman–Crippen MR) is 132 cm³/mol. The number of rotatable bonds is 8. The normalized spacial score (nSPS) is 12.3. The average molecular weight is 458 g/mol. The number of carbonyl (C=O) groups is 3. The van der Waals surface area contributed by atoms with Crippen LogP contribution < -0.4 is 20.3 Å². The van der Waals surface area contributed by atoms with Crippen molar-refractivity contribution in [1.82, 2.24) is 0 Å². The second-order valence-electron chi connectivity index (χ2n) is 8.05. The van der Waals surface area contributed by atoms with Gasteiger partial charge in [-0.3, -0.25) is 14.4 Å². The van der Waals surface area contributed by atoms with Crippen molar-refractivity contribution >= 4 is 34.8 Å². The molecular formula is C27H27N3O4. The number of nitrogens with zero attached hydrogens (tertiary/aromatic N) is 1. The van der Waals surface area contributed by atoms with E-state index in [2.05, 4.69) is 10.6 Å². The quantitative estimate of drug-likeness (QED) is 0.531. The third-order valence-corrected chi connectivity index (χ3v) is 5.62. The standard InChI is InChI=1S/C27H27N3O4/c1-2-30(22-6-4-3-5-7-22)27(33)16-19-8-11-21(12-9-19)28-26(32)18-34-23-13-14-24-20(17-23)10-15-25(31)29-24/h3-9,11-14,17H,2,10,15-16,18H2,1H3,(H,28,32)(H,29,31). The zero-order valence-corrected chi connectivity index (χ0v) is 19.0. The van der Waals surface area contributed by atoms with Crippen molar-refractivity contribution < 1.29 is 19.1 Å². The summed E-state index contributed by atoms with van der Waals surface area (Å²) in [6.07, 6.45) is 1.38. The Kier molecular flexibility index (Phi) is 7.22. The van der Waals surface area contributed by atoms with Gasteiger partial charge in [0.2, 0.25) is 11.8 Å². The maximum Gasteiger partial charge on any atom is 0.262 e. The Balaban J connectivity index is 1.28. The topological polar surface area (TPSA) is 87.7 Å². The molecule has 0 bridgehead atoms. The van der Waals surface area contributed by atoms with Crippen molar-refractivity contribution in [2.45, 2.75) is 26.2 Å². The fourth-order valence-corrected chi connectivity index (χ4v) is 3.88. The first-order valence-electron chi connectivity index (χ1n) is 11.3. The Morgan fingerprint density at radius 3 is 2.50 bits per heavy atom. The monoisotopic (exact) mass is 457 g/mol. The minimum atomic E-state index is -0.281. The second kappa shape index (κ2) is 10.7. The number of hydrogen-bond acceptors (Lipinski definition) is 4. The van der Waals surface area contributed by atoms with Crippen LogP contribution >= 0.6 is 0 Å². The number of anilines is 3. The van der Waals surface area contributed by atoms with Gasteiger partial charge in [-0.2, -0.15) is 0 Å². The fourth-order valence-electron chi connectivity index (χ4n) is 3.88. The number of amides is 3. The van der Waals surface area contributed by atoms with Crippen molar-refractivity contribution in [1.29, 1.82) is 0 Å². The van der Waals surface area contributed by atoms with E-state index in [-0.39, 0.29) is 30.7 Å². The van der Waals surface area contributed by atoms with E-state index in [1.807, 2.05) is 55.5 Å².